The fourth-order valence-corrected chi connectivity index (χ4v) is 1.80. The molecule has 0 aromatic carbocycles. The van der Waals surface area contributed by atoms with Gasteiger partial charge in [-0.2, -0.15) is 5.26 Å². The van der Waals surface area contributed by atoms with Crippen LogP contribution in [0.5, 0.6) is 5.88 Å². The van der Waals surface area contributed by atoms with Crippen LogP contribution in [-0.2, 0) is 0 Å². The number of rotatable bonds is 2. The number of nitrogens with zero attached hydrogens (tertiary/aromatic N) is 2. The summed E-state index contributed by atoms with van der Waals surface area (Å²) in [6, 6.07) is 7.25. The minimum Gasteiger partial charge on any atom is -0.473 e. The zero-order valence-corrected chi connectivity index (χ0v) is 8.39. The molecule has 1 aromatic rings. The Morgan fingerprint density at radius 3 is 3.00 bits per heavy atom. The Balaban J connectivity index is 2.07. The van der Waals surface area contributed by atoms with E-state index < -0.39 is 0 Å². The summed E-state index contributed by atoms with van der Waals surface area (Å²) >= 11 is 0. The highest BCUT2D eigenvalue weighted by Crippen LogP contribution is 2.22. The van der Waals surface area contributed by atoms with Crippen LogP contribution >= 0.6 is 0 Å². The van der Waals surface area contributed by atoms with Crippen molar-refractivity contribution in [1.29, 1.82) is 5.26 Å². The smallest absolute Gasteiger partial charge is 0.214 e. The summed E-state index contributed by atoms with van der Waals surface area (Å²) in [5.41, 5.74) is 6.25. The molecule has 2 N–H and O–H groups in total. The van der Waals surface area contributed by atoms with E-state index in [1.165, 1.54) is 0 Å². The summed E-state index contributed by atoms with van der Waals surface area (Å²) in [7, 11) is 0. The minimum absolute atomic E-state index is 0.0476. The Kier molecular flexibility index (Phi) is 2.84. The lowest BCUT2D eigenvalue weighted by Crippen LogP contribution is -2.33. The van der Waals surface area contributed by atoms with Crippen molar-refractivity contribution in [3.8, 4) is 11.9 Å². The molecule has 1 aliphatic carbocycles. The van der Waals surface area contributed by atoms with Gasteiger partial charge in [0.15, 0.2) is 0 Å². The lowest BCUT2D eigenvalue weighted by molar-refractivity contribution is 0.184. The fraction of sp³-hybridized carbons (Fsp3) is 0.455. The summed E-state index contributed by atoms with van der Waals surface area (Å²) in [5, 5.41) is 8.68. The van der Waals surface area contributed by atoms with Gasteiger partial charge < -0.3 is 10.5 Å². The average molecular weight is 203 g/mol. The van der Waals surface area contributed by atoms with Gasteiger partial charge >= 0.3 is 0 Å². The summed E-state index contributed by atoms with van der Waals surface area (Å²) in [6.45, 7) is 0. The van der Waals surface area contributed by atoms with Gasteiger partial charge in [-0.3, -0.25) is 0 Å². The monoisotopic (exact) mass is 203 g/mol. The molecule has 4 heteroatoms. The molecular weight excluding hydrogens is 190 g/mol. The maximum absolute atomic E-state index is 8.68. The number of pyridine rings is 1. The largest absolute Gasteiger partial charge is 0.473 e. The Morgan fingerprint density at radius 1 is 1.47 bits per heavy atom. The molecule has 0 radical (unpaired) electrons. The standard InChI is InChI=1S/C11H13N3O/c12-7-8-3-1-6-11(14-8)15-10-5-2-4-9(10)13/h1,3,6,9-10H,2,4-5,13H2. The molecule has 15 heavy (non-hydrogen) atoms. The molecule has 2 rings (SSSR count). The topological polar surface area (TPSA) is 71.9 Å². The normalized spacial score (nSPS) is 24.8. The van der Waals surface area contributed by atoms with E-state index in [1.54, 1.807) is 18.2 Å². The Morgan fingerprint density at radius 2 is 2.33 bits per heavy atom. The highest BCUT2D eigenvalue weighted by molar-refractivity contribution is 5.25. The van der Waals surface area contributed by atoms with Gasteiger partial charge in [-0.25, -0.2) is 4.98 Å². The lowest BCUT2D eigenvalue weighted by Gasteiger charge is -2.16. The number of aromatic nitrogens is 1. The van der Waals surface area contributed by atoms with Gasteiger partial charge in [0, 0.05) is 12.1 Å². The summed E-state index contributed by atoms with van der Waals surface area (Å²) < 4.78 is 5.64. The zero-order chi connectivity index (χ0) is 10.7. The van der Waals surface area contributed by atoms with Gasteiger partial charge in [0.1, 0.15) is 17.9 Å². The van der Waals surface area contributed by atoms with Crippen molar-refractivity contribution in [3.05, 3.63) is 23.9 Å². The zero-order valence-electron chi connectivity index (χ0n) is 8.39. The van der Waals surface area contributed by atoms with Crippen LogP contribution in [0, 0.1) is 11.3 Å². The molecule has 4 nitrogen and oxygen atoms in total. The molecule has 1 saturated carbocycles. The molecule has 1 aromatic heterocycles. The first-order valence-electron chi connectivity index (χ1n) is 5.09. The number of nitrogens with two attached hydrogens (primary N) is 1. The first kappa shape index (κ1) is 9.94. The summed E-state index contributed by atoms with van der Waals surface area (Å²) in [4.78, 5) is 4.05. The molecule has 1 heterocycles. The average Bonchev–Trinajstić information content (AvgIpc) is 2.65. The van der Waals surface area contributed by atoms with Gasteiger partial charge in [0.05, 0.1) is 0 Å². The lowest BCUT2D eigenvalue weighted by atomic mass is 10.2. The van der Waals surface area contributed by atoms with Crippen LogP contribution in [-0.4, -0.2) is 17.1 Å². The molecule has 2 unspecified atom stereocenters. The first-order chi connectivity index (χ1) is 7.29. The van der Waals surface area contributed by atoms with E-state index in [1.807, 2.05) is 6.07 Å². The highest BCUT2D eigenvalue weighted by Gasteiger charge is 2.25. The van der Waals surface area contributed by atoms with E-state index in [0.29, 0.717) is 11.6 Å². The number of hydrogen-bond donors (Lipinski definition) is 1. The molecular formula is C11H13N3O. The molecule has 0 bridgehead atoms. The number of ether oxygens (including phenoxy) is 1. The third-order valence-electron chi connectivity index (χ3n) is 2.61. The molecule has 0 spiro atoms. The van der Waals surface area contributed by atoms with Crippen LogP contribution in [0.2, 0.25) is 0 Å². The van der Waals surface area contributed by atoms with Crippen molar-refractivity contribution in [2.24, 2.45) is 5.73 Å². The SMILES string of the molecule is N#Cc1cccc(OC2CCCC2N)n1. The molecule has 0 amide bonds. The van der Waals surface area contributed by atoms with Crippen molar-refractivity contribution in [2.45, 2.75) is 31.4 Å². The van der Waals surface area contributed by atoms with Crippen molar-refractivity contribution in [1.82, 2.24) is 4.98 Å². The minimum atomic E-state index is 0.0476. The second kappa shape index (κ2) is 4.28. The van der Waals surface area contributed by atoms with Crippen LogP contribution < -0.4 is 10.5 Å². The van der Waals surface area contributed by atoms with Crippen molar-refractivity contribution in [2.75, 3.05) is 0 Å². The Labute approximate surface area is 88.7 Å². The molecule has 0 saturated heterocycles. The number of hydrogen-bond acceptors (Lipinski definition) is 4. The van der Waals surface area contributed by atoms with Crippen molar-refractivity contribution >= 4 is 0 Å². The van der Waals surface area contributed by atoms with Gasteiger partial charge in [-0.1, -0.05) is 6.07 Å². The molecule has 2 atom stereocenters. The maximum Gasteiger partial charge on any atom is 0.214 e. The molecule has 78 valence electrons. The van der Waals surface area contributed by atoms with Crippen LogP contribution in [0.4, 0.5) is 0 Å². The number of nitriles is 1. The quantitative estimate of drug-likeness (QED) is 0.784. The summed E-state index contributed by atoms with van der Waals surface area (Å²) in [6.07, 6.45) is 3.12. The van der Waals surface area contributed by atoms with E-state index in [-0.39, 0.29) is 12.1 Å². The third-order valence-corrected chi connectivity index (χ3v) is 2.61. The van der Waals surface area contributed by atoms with Crippen molar-refractivity contribution in [3.63, 3.8) is 0 Å². The van der Waals surface area contributed by atoms with E-state index in [4.69, 9.17) is 15.7 Å². The predicted molar refractivity (Wildman–Crippen MR) is 55.2 cm³/mol. The van der Waals surface area contributed by atoms with Gasteiger partial charge in [-0.15, -0.1) is 0 Å². The molecule has 1 fully saturated rings. The Bertz CT molecular complexity index is 386. The second-order valence-electron chi connectivity index (χ2n) is 3.72. The second-order valence-corrected chi connectivity index (χ2v) is 3.72. The van der Waals surface area contributed by atoms with Crippen molar-refractivity contribution < 1.29 is 4.74 Å². The first-order valence-corrected chi connectivity index (χ1v) is 5.09. The Hall–Kier alpha value is -1.60. The van der Waals surface area contributed by atoms with Gasteiger partial charge in [0.2, 0.25) is 5.88 Å². The van der Waals surface area contributed by atoms with Gasteiger partial charge in [0.25, 0.3) is 0 Å². The van der Waals surface area contributed by atoms with E-state index in [0.717, 1.165) is 19.3 Å². The maximum atomic E-state index is 8.68. The third kappa shape index (κ3) is 2.25. The van der Waals surface area contributed by atoms with Crippen LogP contribution in [0.3, 0.4) is 0 Å². The predicted octanol–water partition coefficient (Wildman–Crippen LogP) is 1.21. The van der Waals surface area contributed by atoms with E-state index in [2.05, 4.69) is 4.98 Å². The van der Waals surface area contributed by atoms with Crippen LogP contribution in [0.25, 0.3) is 0 Å². The van der Waals surface area contributed by atoms with E-state index in [9.17, 15) is 0 Å². The molecule has 0 aliphatic heterocycles. The van der Waals surface area contributed by atoms with Gasteiger partial charge in [-0.05, 0) is 25.3 Å². The summed E-state index contributed by atoms with van der Waals surface area (Å²) in [5.74, 6) is 0.497. The van der Waals surface area contributed by atoms with Crippen LogP contribution in [0.15, 0.2) is 18.2 Å². The van der Waals surface area contributed by atoms with E-state index >= 15 is 0 Å². The highest BCUT2D eigenvalue weighted by atomic mass is 16.5. The fourth-order valence-electron chi connectivity index (χ4n) is 1.80. The van der Waals surface area contributed by atoms with Crippen LogP contribution in [0.1, 0.15) is 25.0 Å². The molecule has 1 aliphatic rings.